The van der Waals surface area contributed by atoms with Crippen molar-refractivity contribution >= 4 is 23.3 Å². The van der Waals surface area contributed by atoms with Crippen molar-refractivity contribution in [2.75, 3.05) is 7.05 Å². The molecule has 2 N–H and O–H groups in total. The molecule has 3 aromatic rings. The number of nitrogens with one attached hydrogen (secondary N) is 1. The SMILES string of the molecule is CNC(c1ccccc1)C(O)Cn1ccc2cc(C(F)(F)F)ccc21.Cl. The third-order valence-corrected chi connectivity index (χ3v) is 4.34. The van der Waals surface area contributed by atoms with Crippen LogP contribution < -0.4 is 5.32 Å². The van der Waals surface area contributed by atoms with Crippen molar-refractivity contribution in [3.8, 4) is 0 Å². The summed E-state index contributed by atoms with van der Waals surface area (Å²) in [6, 6.07) is 14.6. The molecule has 0 aliphatic carbocycles. The maximum absolute atomic E-state index is 12.8. The van der Waals surface area contributed by atoms with Gasteiger partial charge in [-0.1, -0.05) is 30.3 Å². The van der Waals surface area contributed by atoms with Crippen LogP contribution in [0.4, 0.5) is 13.2 Å². The van der Waals surface area contributed by atoms with Crippen LogP contribution in [0, 0.1) is 0 Å². The Morgan fingerprint density at radius 3 is 2.38 bits per heavy atom. The Morgan fingerprint density at radius 1 is 1.08 bits per heavy atom. The van der Waals surface area contributed by atoms with Gasteiger partial charge in [-0.3, -0.25) is 0 Å². The maximum atomic E-state index is 12.8. The highest BCUT2D eigenvalue weighted by Gasteiger charge is 2.30. The zero-order valence-corrected chi connectivity index (χ0v) is 14.9. The van der Waals surface area contributed by atoms with E-state index < -0.39 is 17.8 Å². The summed E-state index contributed by atoms with van der Waals surface area (Å²) >= 11 is 0. The van der Waals surface area contributed by atoms with Crippen molar-refractivity contribution in [2.24, 2.45) is 0 Å². The van der Waals surface area contributed by atoms with E-state index in [4.69, 9.17) is 0 Å². The molecule has 0 aliphatic rings. The van der Waals surface area contributed by atoms with E-state index in [1.54, 1.807) is 23.9 Å². The van der Waals surface area contributed by atoms with E-state index >= 15 is 0 Å². The number of alkyl halides is 3. The number of halogens is 4. The standard InChI is InChI=1S/C19H19F3N2O.ClH/c1-23-18(13-5-3-2-4-6-13)17(25)12-24-10-9-14-11-15(19(20,21)22)7-8-16(14)24;/h2-11,17-18,23,25H,12H2,1H3;1H. The number of benzene rings is 2. The zero-order valence-electron chi connectivity index (χ0n) is 14.1. The number of aliphatic hydroxyl groups is 1. The molecule has 1 aromatic heterocycles. The van der Waals surface area contributed by atoms with Crippen LogP contribution in [0.1, 0.15) is 17.2 Å². The lowest BCUT2D eigenvalue weighted by molar-refractivity contribution is -0.137. The number of aromatic nitrogens is 1. The molecule has 140 valence electrons. The highest BCUT2D eigenvalue weighted by atomic mass is 35.5. The maximum Gasteiger partial charge on any atom is 0.416 e. The Bertz CT molecular complexity index is 849. The fraction of sp³-hybridized carbons (Fsp3) is 0.263. The second kappa shape index (κ2) is 8.12. The normalized spacial score (nSPS) is 14.0. The number of likely N-dealkylation sites (N-methyl/N-ethyl adjacent to an activating group) is 1. The summed E-state index contributed by atoms with van der Waals surface area (Å²) in [6.07, 6.45) is -3.39. The Morgan fingerprint density at radius 2 is 1.77 bits per heavy atom. The quantitative estimate of drug-likeness (QED) is 0.684. The first-order valence-electron chi connectivity index (χ1n) is 7.96. The van der Waals surface area contributed by atoms with Crippen molar-refractivity contribution in [1.29, 1.82) is 0 Å². The second-order valence-corrected chi connectivity index (χ2v) is 5.98. The Hall–Kier alpha value is -2.02. The molecule has 0 saturated heterocycles. The van der Waals surface area contributed by atoms with Gasteiger partial charge in [0.1, 0.15) is 0 Å². The fourth-order valence-corrected chi connectivity index (χ4v) is 3.08. The van der Waals surface area contributed by atoms with Crippen LogP contribution in [-0.2, 0) is 12.7 Å². The molecule has 2 atom stereocenters. The molecule has 2 unspecified atom stereocenters. The van der Waals surface area contributed by atoms with Crippen molar-refractivity contribution in [3.63, 3.8) is 0 Å². The lowest BCUT2D eigenvalue weighted by Gasteiger charge is -2.24. The highest BCUT2D eigenvalue weighted by Crippen LogP contribution is 2.32. The van der Waals surface area contributed by atoms with Gasteiger partial charge in [-0.2, -0.15) is 13.2 Å². The zero-order chi connectivity index (χ0) is 18.0. The number of hydrogen-bond donors (Lipinski definition) is 2. The number of rotatable bonds is 5. The molecule has 7 heteroatoms. The summed E-state index contributed by atoms with van der Waals surface area (Å²) in [5, 5.41) is 14.2. The summed E-state index contributed by atoms with van der Waals surface area (Å²) in [7, 11) is 1.77. The van der Waals surface area contributed by atoms with E-state index in [1.165, 1.54) is 6.07 Å². The molecule has 26 heavy (non-hydrogen) atoms. The van der Waals surface area contributed by atoms with Crippen molar-refractivity contribution < 1.29 is 18.3 Å². The van der Waals surface area contributed by atoms with Gasteiger partial charge < -0.3 is 15.0 Å². The lowest BCUT2D eigenvalue weighted by atomic mass is 10.0. The summed E-state index contributed by atoms with van der Waals surface area (Å²) in [5.41, 5.74) is 0.943. The van der Waals surface area contributed by atoms with E-state index in [1.807, 2.05) is 30.3 Å². The Labute approximate surface area is 155 Å². The molecule has 0 amide bonds. The van der Waals surface area contributed by atoms with Gasteiger partial charge in [-0.25, -0.2) is 0 Å². The first-order chi connectivity index (χ1) is 11.9. The van der Waals surface area contributed by atoms with Gasteiger partial charge in [0.2, 0.25) is 0 Å². The van der Waals surface area contributed by atoms with Crippen LogP contribution in [0.15, 0.2) is 60.8 Å². The molecule has 0 radical (unpaired) electrons. The van der Waals surface area contributed by atoms with Crippen LogP contribution in [0.3, 0.4) is 0 Å². The lowest BCUT2D eigenvalue weighted by Crippen LogP contribution is -2.32. The molecule has 1 heterocycles. The molecule has 0 aliphatic heterocycles. The van der Waals surface area contributed by atoms with Gasteiger partial charge in [-0.15, -0.1) is 12.4 Å². The van der Waals surface area contributed by atoms with E-state index in [-0.39, 0.29) is 25.0 Å². The van der Waals surface area contributed by atoms with Crippen LogP contribution in [0.2, 0.25) is 0 Å². The number of nitrogens with zero attached hydrogens (tertiary/aromatic N) is 1. The first kappa shape index (κ1) is 20.3. The number of hydrogen-bond acceptors (Lipinski definition) is 2. The van der Waals surface area contributed by atoms with Crippen LogP contribution in [0.25, 0.3) is 10.9 Å². The van der Waals surface area contributed by atoms with Crippen molar-refractivity contribution in [1.82, 2.24) is 9.88 Å². The predicted octanol–water partition coefficient (Wildman–Crippen LogP) is 4.40. The largest absolute Gasteiger partial charge is 0.416 e. The smallest absolute Gasteiger partial charge is 0.389 e. The number of fused-ring (bicyclic) bond motifs is 1. The van der Waals surface area contributed by atoms with Gasteiger partial charge in [0.15, 0.2) is 0 Å². The van der Waals surface area contributed by atoms with E-state index in [9.17, 15) is 18.3 Å². The number of aliphatic hydroxyl groups excluding tert-OH is 1. The van der Waals surface area contributed by atoms with E-state index in [0.717, 1.165) is 17.7 Å². The minimum absolute atomic E-state index is 0. The predicted molar refractivity (Wildman–Crippen MR) is 98.4 cm³/mol. The summed E-state index contributed by atoms with van der Waals surface area (Å²) in [6.45, 7) is 0.273. The van der Waals surface area contributed by atoms with Gasteiger partial charge in [-0.05, 0) is 36.9 Å². The minimum atomic E-state index is -4.36. The second-order valence-electron chi connectivity index (χ2n) is 5.98. The fourth-order valence-electron chi connectivity index (χ4n) is 3.08. The van der Waals surface area contributed by atoms with Gasteiger partial charge in [0.05, 0.1) is 24.3 Å². The minimum Gasteiger partial charge on any atom is -0.389 e. The third-order valence-electron chi connectivity index (χ3n) is 4.34. The molecule has 2 aromatic carbocycles. The third kappa shape index (κ3) is 4.20. The molecular weight excluding hydrogens is 365 g/mol. The molecule has 3 nitrogen and oxygen atoms in total. The van der Waals surface area contributed by atoms with E-state index in [0.29, 0.717) is 10.9 Å². The summed E-state index contributed by atoms with van der Waals surface area (Å²) < 4.78 is 40.2. The monoisotopic (exact) mass is 384 g/mol. The molecular formula is C19H20ClF3N2O. The molecule has 0 bridgehead atoms. The Kier molecular flexibility index (Phi) is 6.34. The first-order valence-corrected chi connectivity index (χ1v) is 7.96. The summed E-state index contributed by atoms with van der Waals surface area (Å²) in [4.78, 5) is 0. The van der Waals surface area contributed by atoms with Gasteiger partial charge in [0, 0.05) is 17.1 Å². The summed E-state index contributed by atoms with van der Waals surface area (Å²) in [5.74, 6) is 0. The molecule has 0 spiro atoms. The average Bonchev–Trinajstić information content (AvgIpc) is 2.98. The average molecular weight is 385 g/mol. The van der Waals surface area contributed by atoms with Crippen LogP contribution >= 0.6 is 12.4 Å². The topological polar surface area (TPSA) is 37.2 Å². The van der Waals surface area contributed by atoms with Crippen LogP contribution in [0.5, 0.6) is 0 Å². The van der Waals surface area contributed by atoms with Gasteiger partial charge >= 0.3 is 6.18 Å². The Balaban J connectivity index is 0.00000243. The van der Waals surface area contributed by atoms with Crippen molar-refractivity contribution in [3.05, 3.63) is 71.9 Å². The highest BCUT2D eigenvalue weighted by molar-refractivity contribution is 5.85. The molecule has 3 rings (SSSR count). The van der Waals surface area contributed by atoms with E-state index in [2.05, 4.69) is 5.32 Å². The molecule has 0 fully saturated rings. The van der Waals surface area contributed by atoms with Crippen LogP contribution in [-0.4, -0.2) is 22.8 Å². The van der Waals surface area contributed by atoms with Gasteiger partial charge in [0.25, 0.3) is 0 Å². The molecule has 0 saturated carbocycles. The van der Waals surface area contributed by atoms with Crippen molar-refractivity contribution in [2.45, 2.75) is 24.9 Å².